The minimum absolute atomic E-state index is 0.852. The van der Waals surface area contributed by atoms with E-state index in [-0.39, 0.29) is 0 Å². The molecule has 1 aromatic rings. The van der Waals surface area contributed by atoms with Crippen molar-refractivity contribution in [2.45, 2.75) is 19.3 Å². The summed E-state index contributed by atoms with van der Waals surface area (Å²) >= 11 is 0. The van der Waals surface area contributed by atoms with Crippen LogP contribution in [0.25, 0.3) is 0 Å². The van der Waals surface area contributed by atoms with Gasteiger partial charge < -0.3 is 10.2 Å². The van der Waals surface area contributed by atoms with Crippen molar-refractivity contribution in [3.05, 3.63) is 23.4 Å². The van der Waals surface area contributed by atoms with Crippen molar-refractivity contribution in [1.29, 1.82) is 0 Å². The van der Waals surface area contributed by atoms with Gasteiger partial charge >= 0.3 is 0 Å². The van der Waals surface area contributed by atoms with E-state index < -0.39 is 0 Å². The van der Waals surface area contributed by atoms with Gasteiger partial charge in [0.2, 0.25) is 0 Å². The first-order valence-electron chi connectivity index (χ1n) is 6.84. The van der Waals surface area contributed by atoms with Gasteiger partial charge in [-0.2, -0.15) is 0 Å². The lowest BCUT2D eigenvalue weighted by Gasteiger charge is -2.19. The van der Waals surface area contributed by atoms with E-state index in [1.807, 2.05) is 0 Å². The number of nitrogens with zero attached hydrogens (tertiary/aromatic N) is 2. The van der Waals surface area contributed by atoms with Crippen molar-refractivity contribution in [3.8, 4) is 0 Å². The first-order chi connectivity index (χ1) is 8.40. The Hall–Kier alpha value is -1.09. The highest BCUT2D eigenvalue weighted by atomic mass is 15.2. The van der Waals surface area contributed by atoms with E-state index in [9.17, 15) is 0 Å². The lowest BCUT2D eigenvalue weighted by Crippen LogP contribution is -2.26. The molecule has 2 fully saturated rings. The van der Waals surface area contributed by atoms with Gasteiger partial charge in [-0.1, -0.05) is 6.07 Å². The Morgan fingerprint density at radius 3 is 2.76 bits per heavy atom. The van der Waals surface area contributed by atoms with Gasteiger partial charge in [-0.3, -0.25) is 0 Å². The molecule has 0 saturated carbocycles. The van der Waals surface area contributed by atoms with Crippen LogP contribution in [0.15, 0.2) is 12.1 Å². The molecule has 1 aliphatic carbocycles. The Morgan fingerprint density at radius 1 is 1.12 bits per heavy atom. The molecule has 3 nitrogen and oxygen atoms in total. The van der Waals surface area contributed by atoms with Gasteiger partial charge in [0, 0.05) is 31.9 Å². The van der Waals surface area contributed by atoms with Gasteiger partial charge in [0.25, 0.3) is 0 Å². The van der Waals surface area contributed by atoms with Crippen LogP contribution in [0.2, 0.25) is 0 Å². The minimum atomic E-state index is 0.852. The molecule has 3 heteroatoms. The lowest BCUT2D eigenvalue weighted by atomic mass is 10.0. The Labute approximate surface area is 102 Å². The molecule has 2 aliphatic heterocycles. The van der Waals surface area contributed by atoms with Crippen LogP contribution in [0.3, 0.4) is 0 Å². The highest BCUT2D eigenvalue weighted by Gasteiger charge is 2.36. The van der Waals surface area contributed by atoms with Crippen LogP contribution < -0.4 is 10.2 Å². The van der Waals surface area contributed by atoms with E-state index in [1.165, 1.54) is 62.5 Å². The molecular formula is C14H19N3. The summed E-state index contributed by atoms with van der Waals surface area (Å²) in [5, 5.41) is 3.49. The van der Waals surface area contributed by atoms with Gasteiger partial charge in [0.1, 0.15) is 5.82 Å². The summed E-state index contributed by atoms with van der Waals surface area (Å²) in [5.74, 6) is 2.93. The second kappa shape index (κ2) is 3.70. The summed E-state index contributed by atoms with van der Waals surface area (Å²) in [6.45, 7) is 4.80. The fourth-order valence-corrected chi connectivity index (χ4v) is 3.63. The molecule has 3 heterocycles. The van der Waals surface area contributed by atoms with Crippen LogP contribution in [0.5, 0.6) is 0 Å². The number of hydrogen-bond donors (Lipinski definition) is 1. The topological polar surface area (TPSA) is 28.2 Å². The molecule has 17 heavy (non-hydrogen) atoms. The average molecular weight is 229 g/mol. The molecule has 1 aromatic heterocycles. The Morgan fingerprint density at radius 2 is 1.94 bits per heavy atom. The highest BCUT2D eigenvalue weighted by Crippen LogP contribution is 2.31. The van der Waals surface area contributed by atoms with Gasteiger partial charge in [0.05, 0.1) is 0 Å². The molecule has 0 bridgehead atoms. The normalized spacial score (nSPS) is 30.7. The zero-order valence-electron chi connectivity index (χ0n) is 10.2. The van der Waals surface area contributed by atoms with Crippen molar-refractivity contribution in [3.63, 3.8) is 0 Å². The maximum atomic E-state index is 4.87. The predicted octanol–water partition coefficient (Wildman–Crippen LogP) is 1.23. The quantitative estimate of drug-likeness (QED) is 0.785. The molecule has 0 unspecified atom stereocenters. The number of aryl methyl sites for hydroxylation is 2. The van der Waals surface area contributed by atoms with Crippen LogP contribution in [0.4, 0.5) is 5.82 Å². The average Bonchev–Trinajstić information content (AvgIpc) is 3.02. The molecule has 2 saturated heterocycles. The Kier molecular flexibility index (Phi) is 2.15. The second-order valence-corrected chi connectivity index (χ2v) is 5.71. The molecule has 0 spiro atoms. The summed E-state index contributed by atoms with van der Waals surface area (Å²) in [6, 6.07) is 4.54. The minimum Gasteiger partial charge on any atom is -0.356 e. The largest absolute Gasteiger partial charge is 0.356 e. The summed E-state index contributed by atoms with van der Waals surface area (Å²) < 4.78 is 0. The SMILES string of the molecule is c1cc2c(nc1N1C[C@H]3CNC[C@H]3C1)CCC2. The molecule has 0 aromatic carbocycles. The number of rotatable bonds is 1. The molecule has 2 atom stereocenters. The van der Waals surface area contributed by atoms with E-state index >= 15 is 0 Å². The van der Waals surface area contributed by atoms with Crippen LogP contribution in [0.1, 0.15) is 17.7 Å². The molecule has 4 rings (SSSR count). The van der Waals surface area contributed by atoms with Crippen LogP contribution >= 0.6 is 0 Å². The van der Waals surface area contributed by atoms with Gasteiger partial charge in [-0.15, -0.1) is 0 Å². The number of aromatic nitrogens is 1. The summed E-state index contributed by atoms with van der Waals surface area (Å²) in [6.07, 6.45) is 3.71. The third kappa shape index (κ3) is 1.56. The molecule has 90 valence electrons. The maximum absolute atomic E-state index is 4.87. The van der Waals surface area contributed by atoms with E-state index in [2.05, 4.69) is 22.3 Å². The third-order valence-electron chi connectivity index (χ3n) is 4.63. The Bertz CT molecular complexity index is 431. The second-order valence-electron chi connectivity index (χ2n) is 5.71. The van der Waals surface area contributed by atoms with Gasteiger partial charge in [0.15, 0.2) is 0 Å². The molecule has 1 N–H and O–H groups in total. The highest BCUT2D eigenvalue weighted by molar-refractivity contribution is 5.44. The van der Waals surface area contributed by atoms with Crippen molar-refractivity contribution < 1.29 is 0 Å². The number of fused-ring (bicyclic) bond motifs is 2. The number of pyridine rings is 1. The monoisotopic (exact) mass is 229 g/mol. The van der Waals surface area contributed by atoms with Gasteiger partial charge in [-0.25, -0.2) is 4.98 Å². The first kappa shape index (κ1) is 9.89. The molecule has 0 radical (unpaired) electrons. The summed E-state index contributed by atoms with van der Waals surface area (Å²) in [5.41, 5.74) is 2.84. The Balaban J connectivity index is 1.59. The summed E-state index contributed by atoms with van der Waals surface area (Å²) in [4.78, 5) is 7.36. The van der Waals surface area contributed by atoms with Crippen LogP contribution in [0, 0.1) is 11.8 Å². The van der Waals surface area contributed by atoms with E-state index in [0.717, 1.165) is 11.8 Å². The number of nitrogens with one attached hydrogen (secondary N) is 1. The fourth-order valence-electron chi connectivity index (χ4n) is 3.63. The molecular weight excluding hydrogens is 210 g/mol. The number of hydrogen-bond acceptors (Lipinski definition) is 3. The first-order valence-corrected chi connectivity index (χ1v) is 6.84. The molecule has 0 amide bonds. The van der Waals surface area contributed by atoms with Crippen molar-refractivity contribution in [2.75, 3.05) is 31.1 Å². The third-order valence-corrected chi connectivity index (χ3v) is 4.63. The lowest BCUT2D eigenvalue weighted by molar-refractivity contribution is 0.533. The summed E-state index contributed by atoms with van der Waals surface area (Å²) in [7, 11) is 0. The predicted molar refractivity (Wildman–Crippen MR) is 68.3 cm³/mol. The van der Waals surface area contributed by atoms with E-state index in [4.69, 9.17) is 4.98 Å². The smallest absolute Gasteiger partial charge is 0.128 e. The number of anilines is 1. The van der Waals surface area contributed by atoms with Crippen molar-refractivity contribution >= 4 is 5.82 Å². The van der Waals surface area contributed by atoms with Crippen LogP contribution in [-0.4, -0.2) is 31.2 Å². The van der Waals surface area contributed by atoms with Crippen LogP contribution in [-0.2, 0) is 12.8 Å². The van der Waals surface area contributed by atoms with E-state index in [0.29, 0.717) is 0 Å². The van der Waals surface area contributed by atoms with Crippen molar-refractivity contribution in [2.24, 2.45) is 11.8 Å². The van der Waals surface area contributed by atoms with Gasteiger partial charge in [-0.05, 0) is 42.7 Å². The van der Waals surface area contributed by atoms with Crippen molar-refractivity contribution in [1.82, 2.24) is 10.3 Å². The zero-order chi connectivity index (χ0) is 11.2. The van der Waals surface area contributed by atoms with E-state index in [1.54, 1.807) is 0 Å². The molecule has 3 aliphatic rings. The standard InChI is InChI=1S/C14H19N3/c1-2-10-4-5-14(16-13(10)3-1)17-8-11-6-15-7-12(11)9-17/h4-5,11-12,15H,1-3,6-9H2/t11-,12+. The maximum Gasteiger partial charge on any atom is 0.128 e. The fraction of sp³-hybridized carbons (Fsp3) is 0.643. The zero-order valence-corrected chi connectivity index (χ0v) is 10.2.